The number of unbranched alkanes of at least 4 members (excludes halogenated alkanes) is 2. The molecule has 0 spiro atoms. The van der Waals surface area contributed by atoms with Gasteiger partial charge in [0.05, 0.1) is 0 Å². The smallest absolute Gasteiger partial charge is 0.131 e. The third kappa shape index (κ3) is 4.10. The molecule has 0 aliphatic rings. The van der Waals surface area contributed by atoms with Gasteiger partial charge in [-0.1, -0.05) is 31.9 Å². The second-order valence-electron chi connectivity index (χ2n) is 7.73. The lowest BCUT2D eigenvalue weighted by Gasteiger charge is -2.10. The average Bonchev–Trinajstić information content (AvgIpc) is 3.24. The minimum atomic E-state index is -0.192. The predicted molar refractivity (Wildman–Crippen MR) is 128 cm³/mol. The minimum absolute atomic E-state index is 0.192. The number of anilines is 1. The van der Waals surface area contributed by atoms with Crippen LogP contribution in [0, 0.1) is 19.7 Å². The van der Waals surface area contributed by atoms with Crippen LogP contribution >= 0.6 is 22.7 Å². The Morgan fingerprint density at radius 1 is 0.862 bits per heavy atom. The molecule has 2 heterocycles. The second kappa shape index (κ2) is 8.29. The molecule has 0 aliphatic carbocycles. The maximum atomic E-state index is 15.0. The number of hydrogen-bond acceptors (Lipinski definition) is 3. The fourth-order valence-corrected chi connectivity index (χ4v) is 6.19. The van der Waals surface area contributed by atoms with Crippen molar-refractivity contribution in [3.8, 4) is 21.6 Å². The summed E-state index contributed by atoms with van der Waals surface area (Å²) in [4.78, 5) is 2.59. The second-order valence-corrected chi connectivity index (χ2v) is 9.98. The van der Waals surface area contributed by atoms with Crippen molar-refractivity contribution in [3.63, 3.8) is 0 Å². The van der Waals surface area contributed by atoms with Crippen LogP contribution in [0.2, 0.25) is 0 Å². The molecule has 2 aromatic heterocycles. The fraction of sp³-hybridized carbons (Fsp3) is 0.280. The van der Waals surface area contributed by atoms with E-state index < -0.39 is 0 Å². The van der Waals surface area contributed by atoms with E-state index in [9.17, 15) is 4.39 Å². The third-order valence-corrected chi connectivity index (χ3v) is 7.85. The Hall–Kier alpha value is -2.17. The highest BCUT2D eigenvalue weighted by molar-refractivity contribution is 7.29. The van der Waals surface area contributed by atoms with Gasteiger partial charge in [-0.25, -0.2) is 4.39 Å². The van der Waals surface area contributed by atoms with Crippen molar-refractivity contribution < 1.29 is 4.39 Å². The Bertz CT molecular complexity index is 1110. The van der Waals surface area contributed by atoms with E-state index in [1.807, 2.05) is 49.4 Å². The van der Waals surface area contributed by atoms with Gasteiger partial charge in [0.2, 0.25) is 0 Å². The largest absolute Gasteiger partial charge is 0.398 e. The SMILES string of the molecule is CCCCCc1cc2sc(-c3ccc(-c4cc(C)c(N)c(C)c4)c(F)c3)cc2s1. The lowest BCUT2D eigenvalue weighted by molar-refractivity contribution is 0.632. The molecule has 0 radical (unpaired) electrons. The molecular formula is C25H26FNS2. The Labute approximate surface area is 180 Å². The number of aryl methyl sites for hydroxylation is 3. The molecule has 1 nitrogen and oxygen atoms in total. The van der Waals surface area contributed by atoms with Gasteiger partial charge in [-0.2, -0.15) is 0 Å². The van der Waals surface area contributed by atoms with Crippen LogP contribution in [0.25, 0.3) is 31.0 Å². The van der Waals surface area contributed by atoms with Crippen LogP contribution in [0.1, 0.15) is 42.2 Å². The van der Waals surface area contributed by atoms with E-state index in [0.717, 1.165) is 32.8 Å². The first-order valence-electron chi connectivity index (χ1n) is 10.2. The van der Waals surface area contributed by atoms with Crippen LogP contribution in [-0.4, -0.2) is 0 Å². The lowest BCUT2D eigenvalue weighted by atomic mass is 9.97. The number of fused-ring (bicyclic) bond motifs is 1. The summed E-state index contributed by atoms with van der Waals surface area (Å²) >= 11 is 3.63. The normalized spacial score (nSPS) is 11.4. The van der Waals surface area contributed by atoms with Gasteiger partial charge in [0.25, 0.3) is 0 Å². The fourth-order valence-electron chi connectivity index (χ4n) is 3.73. The van der Waals surface area contributed by atoms with Gasteiger partial charge in [-0.3, -0.25) is 0 Å². The molecule has 2 aromatic carbocycles. The molecule has 29 heavy (non-hydrogen) atoms. The molecule has 4 aromatic rings. The van der Waals surface area contributed by atoms with Crippen molar-refractivity contribution >= 4 is 37.8 Å². The number of nitrogens with two attached hydrogens (primary N) is 1. The summed E-state index contributed by atoms with van der Waals surface area (Å²) in [6.07, 6.45) is 4.96. The van der Waals surface area contributed by atoms with E-state index in [1.54, 1.807) is 17.4 Å². The Morgan fingerprint density at radius 3 is 2.24 bits per heavy atom. The Balaban J connectivity index is 1.61. The van der Waals surface area contributed by atoms with Crippen molar-refractivity contribution in [3.05, 3.63) is 64.3 Å². The predicted octanol–water partition coefficient (Wildman–Crippen LogP) is 8.37. The first-order chi connectivity index (χ1) is 14.0. The van der Waals surface area contributed by atoms with Crippen LogP contribution in [0.5, 0.6) is 0 Å². The van der Waals surface area contributed by atoms with Crippen molar-refractivity contribution in [2.24, 2.45) is 0 Å². The number of hydrogen-bond donors (Lipinski definition) is 1. The number of thiophene rings is 2. The summed E-state index contributed by atoms with van der Waals surface area (Å²) in [6.45, 7) is 6.17. The van der Waals surface area contributed by atoms with Gasteiger partial charge in [-0.15, -0.1) is 22.7 Å². The summed E-state index contributed by atoms with van der Waals surface area (Å²) in [6, 6.07) is 14.0. The van der Waals surface area contributed by atoms with Crippen molar-refractivity contribution in [1.29, 1.82) is 0 Å². The molecule has 0 unspecified atom stereocenters. The summed E-state index contributed by atoms with van der Waals surface area (Å²) in [5.74, 6) is -0.192. The molecule has 0 fully saturated rings. The molecule has 0 atom stereocenters. The van der Waals surface area contributed by atoms with Crippen LogP contribution in [0.4, 0.5) is 10.1 Å². The van der Waals surface area contributed by atoms with Crippen molar-refractivity contribution in [2.45, 2.75) is 46.5 Å². The zero-order valence-electron chi connectivity index (χ0n) is 17.1. The minimum Gasteiger partial charge on any atom is -0.398 e. The lowest BCUT2D eigenvalue weighted by Crippen LogP contribution is -1.95. The van der Waals surface area contributed by atoms with E-state index in [0.29, 0.717) is 5.56 Å². The van der Waals surface area contributed by atoms with E-state index in [2.05, 4.69) is 19.1 Å². The van der Waals surface area contributed by atoms with E-state index >= 15 is 0 Å². The summed E-state index contributed by atoms with van der Waals surface area (Å²) in [7, 11) is 0. The van der Waals surface area contributed by atoms with Crippen LogP contribution in [0.3, 0.4) is 0 Å². The quantitative estimate of drug-likeness (QED) is 0.245. The van der Waals surface area contributed by atoms with Gasteiger partial charge in [-0.05, 0) is 79.3 Å². The zero-order valence-corrected chi connectivity index (χ0v) is 18.8. The van der Waals surface area contributed by atoms with Crippen LogP contribution < -0.4 is 5.73 Å². The summed E-state index contributed by atoms with van der Waals surface area (Å²) in [5, 5.41) is 0. The molecule has 0 aliphatic heterocycles. The van der Waals surface area contributed by atoms with Gasteiger partial charge < -0.3 is 5.73 Å². The van der Waals surface area contributed by atoms with Gasteiger partial charge in [0.15, 0.2) is 0 Å². The molecular weight excluding hydrogens is 397 g/mol. The summed E-state index contributed by atoms with van der Waals surface area (Å²) < 4.78 is 17.6. The first-order valence-corrected chi connectivity index (χ1v) is 11.8. The van der Waals surface area contributed by atoms with Gasteiger partial charge in [0.1, 0.15) is 5.82 Å². The average molecular weight is 424 g/mol. The number of rotatable bonds is 6. The molecule has 4 heteroatoms. The monoisotopic (exact) mass is 423 g/mol. The maximum Gasteiger partial charge on any atom is 0.131 e. The Morgan fingerprint density at radius 2 is 1.59 bits per heavy atom. The highest BCUT2D eigenvalue weighted by Crippen LogP contribution is 2.40. The van der Waals surface area contributed by atoms with Crippen molar-refractivity contribution in [1.82, 2.24) is 0 Å². The van der Waals surface area contributed by atoms with Crippen LogP contribution in [-0.2, 0) is 6.42 Å². The molecule has 150 valence electrons. The summed E-state index contributed by atoms with van der Waals surface area (Å²) in [5.41, 5.74) is 11.2. The van der Waals surface area contributed by atoms with Gasteiger partial charge in [0, 0.05) is 30.4 Å². The Kier molecular flexibility index (Phi) is 5.75. The molecule has 0 amide bonds. The number of benzene rings is 2. The number of nitrogen functional groups attached to an aromatic ring is 1. The third-order valence-electron chi connectivity index (χ3n) is 5.44. The van der Waals surface area contributed by atoms with Gasteiger partial charge >= 0.3 is 0 Å². The van der Waals surface area contributed by atoms with E-state index in [4.69, 9.17) is 5.73 Å². The molecule has 2 N–H and O–H groups in total. The van der Waals surface area contributed by atoms with Crippen LogP contribution in [0.15, 0.2) is 42.5 Å². The molecule has 4 rings (SSSR count). The molecule has 0 saturated heterocycles. The standard InChI is InChI=1S/C25H26FNS2/c1-4-5-6-7-19-13-23-24(28-19)14-22(29-23)17-8-9-20(21(26)12-17)18-10-15(2)25(27)16(3)11-18/h8-14H,4-7,27H2,1-3H3. The van der Waals surface area contributed by atoms with E-state index in [-0.39, 0.29) is 5.82 Å². The maximum absolute atomic E-state index is 15.0. The molecule has 0 bridgehead atoms. The number of halogens is 1. The van der Waals surface area contributed by atoms with E-state index in [1.165, 1.54) is 40.0 Å². The molecule has 0 saturated carbocycles. The van der Waals surface area contributed by atoms with Crippen molar-refractivity contribution in [2.75, 3.05) is 5.73 Å². The first kappa shape index (κ1) is 20.1. The highest BCUT2D eigenvalue weighted by Gasteiger charge is 2.13. The topological polar surface area (TPSA) is 26.0 Å². The highest BCUT2D eigenvalue weighted by atomic mass is 32.1. The zero-order chi connectivity index (χ0) is 20.5.